The van der Waals surface area contributed by atoms with Crippen LogP contribution < -0.4 is 14.5 Å². The van der Waals surface area contributed by atoms with Gasteiger partial charge in [-0.1, -0.05) is 106 Å². The summed E-state index contributed by atoms with van der Waals surface area (Å²) < 4.78 is 11.5. The zero-order valence-corrected chi connectivity index (χ0v) is 32.5. The lowest BCUT2D eigenvalue weighted by atomic mass is 9.87. The molecule has 1 aliphatic rings. The van der Waals surface area contributed by atoms with Gasteiger partial charge in [0.1, 0.15) is 18.2 Å². The van der Waals surface area contributed by atoms with Crippen molar-refractivity contribution in [1.29, 1.82) is 0 Å². The van der Waals surface area contributed by atoms with Gasteiger partial charge in [0, 0.05) is 62.0 Å². The second-order valence-electron chi connectivity index (χ2n) is 16.5. The van der Waals surface area contributed by atoms with Crippen LogP contribution in [0.5, 0.6) is 11.5 Å². The second-order valence-corrected chi connectivity index (χ2v) is 16.5. The van der Waals surface area contributed by atoms with Crippen molar-refractivity contribution in [2.75, 3.05) is 16.5 Å². The molecular weight excluding hydrogens is 711 g/mol. The number of ether oxygens (including phenoxy) is 1. The van der Waals surface area contributed by atoms with E-state index in [-0.39, 0.29) is 5.41 Å². The third kappa shape index (κ3) is 4.75. The zero-order valence-electron chi connectivity index (χ0n) is 32.5. The van der Waals surface area contributed by atoms with Crippen LogP contribution in [0.4, 0.5) is 22.7 Å². The second kappa shape index (κ2) is 12.1. The number of fused-ring (bicyclic) bond motifs is 11. The monoisotopic (exact) mass is 749 g/mol. The normalized spacial score (nSPS) is 13.3. The molecule has 0 atom stereocenters. The number of benzene rings is 7. The summed E-state index contributed by atoms with van der Waals surface area (Å²) in [5, 5.41) is 7.19. The van der Waals surface area contributed by atoms with Gasteiger partial charge in [-0.3, -0.25) is 4.40 Å². The average molecular weight is 750 g/mol. The summed E-state index contributed by atoms with van der Waals surface area (Å²) in [5.41, 5.74) is 12.5. The minimum Gasteiger partial charge on any atom is -0.457 e. The Morgan fingerprint density at radius 1 is 0.466 bits per heavy atom. The van der Waals surface area contributed by atoms with Gasteiger partial charge in [-0.2, -0.15) is 0 Å². The molecule has 6 nitrogen and oxygen atoms in total. The van der Waals surface area contributed by atoms with Gasteiger partial charge in [-0.15, -0.1) is 0 Å². The Morgan fingerprint density at radius 2 is 1.05 bits per heavy atom. The molecule has 278 valence electrons. The smallest absolute Gasteiger partial charge is 0.162 e. The van der Waals surface area contributed by atoms with E-state index in [2.05, 4.69) is 191 Å². The van der Waals surface area contributed by atoms with Gasteiger partial charge in [0.2, 0.25) is 0 Å². The molecule has 0 radical (unpaired) electrons. The summed E-state index contributed by atoms with van der Waals surface area (Å²) >= 11 is 0. The van der Waals surface area contributed by atoms with Crippen LogP contribution in [0, 0.1) is 0 Å². The Hall–Kier alpha value is -7.31. The Labute approximate surface area is 335 Å². The molecule has 0 saturated carbocycles. The van der Waals surface area contributed by atoms with Crippen molar-refractivity contribution in [1.82, 2.24) is 13.8 Å². The number of rotatable bonds is 4. The van der Waals surface area contributed by atoms with Crippen LogP contribution in [0.1, 0.15) is 26.3 Å². The summed E-state index contributed by atoms with van der Waals surface area (Å²) in [6, 6.07) is 58.9. The molecule has 5 heterocycles. The van der Waals surface area contributed by atoms with Crippen molar-refractivity contribution in [2.24, 2.45) is 0 Å². The maximum absolute atomic E-state index is 6.79. The summed E-state index contributed by atoms with van der Waals surface area (Å²) in [6.07, 6.45) is 1.90. The number of nitrogens with zero attached hydrogens (tertiary/aromatic N) is 5. The number of anilines is 4. The molecule has 0 fully saturated rings. The predicted molar refractivity (Wildman–Crippen MR) is 241 cm³/mol. The fraction of sp³-hybridized carbons (Fsp3) is 0.0962. The van der Waals surface area contributed by atoms with Crippen LogP contribution in [-0.2, 0) is 5.41 Å². The highest BCUT2D eigenvalue weighted by Crippen LogP contribution is 2.46. The SMILES string of the molecule is CC(C)(C)c1ccc(N2CN(c3cccc(Oc4ccc5c6cccc7c8cccc9c%10ccccc%10n(c%10cccnc%10n(c5c4)c67)c98)c3)c3ccccc32)cc1. The Balaban J connectivity index is 0.998. The number of hydrogen-bond acceptors (Lipinski definition) is 4. The number of pyridine rings is 1. The van der Waals surface area contributed by atoms with Crippen LogP contribution in [-0.4, -0.2) is 20.5 Å². The number of hydrogen-bond donors (Lipinski definition) is 0. The summed E-state index contributed by atoms with van der Waals surface area (Å²) in [6.45, 7) is 7.47. The first-order chi connectivity index (χ1) is 28.4. The maximum atomic E-state index is 6.79. The fourth-order valence-corrected chi connectivity index (χ4v) is 9.42. The third-order valence-corrected chi connectivity index (χ3v) is 12.1. The van der Waals surface area contributed by atoms with E-state index in [1.165, 1.54) is 55.1 Å². The van der Waals surface area contributed by atoms with Crippen LogP contribution in [0.25, 0.3) is 65.5 Å². The lowest BCUT2D eigenvalue weighted by Crippen LogP contribution is -2.24. The first-order valence-corrected chi connectivity index (χ1v) is 20.0. The minimum absolute atomic E-state index is 0.102. The standard InChI is InChI=1S/C52H39N5O/c1-52(2,3)33-23-25-34(26-24-33)54-32-55(46-21-7-6-20-45(46)54)35-12-8-13-36(30-35)58-37-27-28-39-41-16-10-18-43-42-17-9-15-40-38-14-4-5-19-44(38)56(49(40)42)47-22-11-29-53-51(47)57(50(41)43)48(39)31-37/h4-31H,32H2,1-3H3. The van der Waals surface area contributed by atoms with Gasteiger partial charge < -0.3 is 18.9 Å². The predicted octanol–water partition coefficient (Wildman–Crippen LogP) is 13.7. The van der Waals surface area contributed by atoms with E-state index in [1.54, 1.807) is 0 Å². The Bertz CT molecular complexity index is 3460. The molecule has 0 unspecified atom stereocenters. The van der Waals surface area contributed by atoms with Crippen LogP contribution in [0.15, 0.2) is 170 Å². The topological polar surface area (TPSA) is 37.4 Å². The van der Waals surface area contributed by atoms with Gasteiger partial charge in [-0.25, -0.2) is 4.98 Å². The molecule has 1 aliphatic heterocycles. The van der Waals surface area contributed by atoms with Crippen LogP contribution in [0.2, 0.25) is 0 Å². The number of aromatic nitrogens is 3. The molecule has 0 spiro atoms. The van der Waals surface area contributed by atoms with E-state index in [9.17, 15) is 0 Å². The molecule has 0 saturated heterocycles. The average Bonchev–Trinajstić information content (AvgIpc) is 3.91. The van der Waals surface area contributed by atoms with Gasteiger partial charge >= 0.3 is 0 Å². The molecule has 6 heteroatoms. The molecule has 7 aromatic carbocycles. The minimum atomic E-state index is 0.102. The van der Waals surface area contributed by atoms with Crippen molar-refractivity contribution < 1.29 is 4.74 Å². The molecule has 0 N–H and O–H groups in total. The van der Waals surface area contributed by atoms with Crippen molar-refractivity contribution in [3.05, 3.63) is 176 Å². The highest BCUT2D eigenvalue weighted by molar-refractivity contribution is 6.25. The molecule has 58 heavy (non-hydrogen) atoms. The maximum Gasteiger partial charge on any atom is 0.162 e. The first kappa shape index (κ1) is 32.9. The summed E-state index contributed by atoms with van der Waals surface area (Å²) in [5.74, 6) is 1.54. The largest absolute Gasteiger partial charge is 0.457 e. The van der Waals surface area contributed by atoms with Gasteiger partial charge in [0.05, 0.1) is 39.0 Å². The molecule has 0 bridgehead atoms. The summed E-state index contributed by atoms with van der Waals surface area (Å²) in [4.78, 5) is 9.89. The van der Waals surface area contributed by atoms with Crippen molar-refractivity contribution in [3.8, 4) is 11.5 Å². The van der Waals surface area contributed by atoms with Crippen molar-refractivity contribution >= 4 is 88.3 Å². The van der Waals surface area contributed by atoms with E-state index in [0.717, 1.165) is 50.3 Å². The van der Waals surface area contributed by atoms with Crippen LogP contribution >= 0.6 is 0 Å². The lowest BCUT2D eigenvalue weighted by Gasteiger charge is -2.24. The van der Waals surface area contributed by atoms with E-state index >= 15 is 0 Å². The molecule has 4 aromatic heterocycles. The van der Waals surface area contributed by atoms with Gasteiger partial charge in [-0.05, 0) is 77.7 Å². The number of para-hydroxylation sites is 5. The highest BCUT2D eigenvalue weighted by atomic mass is 16.5. The summed E-state index contributed by atoms with van der Waals surface area (Å²) in [7, 11) is 0. The first-order valence-electron chi connectivity index (χ1n) is 20.0. The van der Waals surface area contributed by atoms with E-state index in [0.29, 0.717) is 6.67 Å². The third-order valence-electron chi connectivity index (χ3n) is 12.1. The molecule has 0 aliphatic carbocycles. The Morgan fingerprint density at radius 3 is 1.79 bits per heavy atom. The van der Waals surface area contributed by atoms with Crippen molar-refractivity contribution in [2.45, 2.75) is 26.2 Å². The molecule has 0 amide bonds. The zero-order chi connectivity index (χ0) is 38.7. The Kier molecular flexibility index (Phi) is 6.86. The van der Waals surface area contributed by atoms with Crippen LogP contribution in [0.3, 0.4) is 0 Å². The fourth-order valence-electron chi connectivity index (χ4n) is 9.42. The van der Waals surface area contributed by atoms with E-state index in [4.69, 9.17) is 9.72 Å². The molecule has 12 rings (SSSR count). The van der Waals surface area contributed by atoms with E-state index < -0.39 is 0 Å². The molecule has 11 aromatic rings. The van der Waals surface area contributed by atoms with Gasteiger partial charge in [0.15, 0.2) is 5.65 Å². The quantitative estimate of drug-likeness (QED) is 0.180. The van der Waals surface area contributed by atoms with Gasteiger partial charge in [0.25, 0.3) is 0 Å². The highest BCUT2D eigenvalue weighted by Gasteiger charge is 2.28. The lowest BCUT2D eigenvalue weighted by molar-refractivity contribution is 0.483. The van der Waals surface area contributed by atoms with E-state index in [1.807, 2.05) is 18.3 Å². The van der Waals surface area contributed by atoms with Crippen molar-refractivity contribution in [3.63, 3.8) is 0 Å². The molecular formula is C52H39N5O.